The lowest BCUT2D eigenvalue weighted by Gasteiger charge is -1.91. The Morgan fingerprint density at radius 1 is 1.46 bits per heavy atom. The number of fused-ring (bicyclic) bond motifs is 1. The van der Waals surface area contributed by atoms with E-state index in [1.54, 1.807) is 11.3 Å². The number of hydrogen-bond acceptors (Lipinski definition) is 1. The molecule has 0 atom stereocenters. The molecule has 68 valence electrons. The van der Waals surface area contributed by atoms with E-state index in [9.17, 15) is 0 Å². The van der Waals surface area contributed by atoms with Crippen molar-refractivity contribution in [2.24, 2.45) is 0 Å². The van der Waals surface area contributed by atoms with Crippen LogP contribution in [0.2, 0.25) is 0 Å². The molecule has 13 heavy (non-hydrogen) atoms. The molecule has 0 amide bonds. The Kier molecular flexibility index (Phi) is 3.18. The smallest absolute Gasteiger partial charge is 0.0579 e. The van der Waals surface area contributed by atoms with Crippen LogP contribution in [-0.4, -0.2) is 0 Å². The second-order valence-electron chi connectivity index (χ2n) is 2.59. The molecular formula is C9H5BrClIS. The number of halogens is 3. The second-order valence-corrected chi connectivity index (χ2v) is 5.89. The fourth-order valence-electron chi connectivity index (χ4n) is 1.19. The van der Waals surface area contributed by atoms with E-state index in [2.05, 4.69) is 56.7 Å². The maximum Gasteiger partial charge on any atom is 0.0579 e. The molecule has 0 saturated carbocycles. The Balaban J connectivity index is 2.83. The molecule has 2 rings (SSSR count). The van der Waals surface area contributed by atoms with E-state index in [4.69, 9.17) is 11.6 Å². The molecule has 0 fully saturated rings. The minimum Gasteiger partial charge on any atom is -0.137 e. The van der Waals surface area contributed by atoms with Crippen molar-refractivity contribution < 1.29 is 0 Å². The van der Waals surface area contributed by atoms with Crippen molar-refractivity contribution >= 4 is 71.5 Å². The minimum atomic E-state index is 0.601. The fourth-order valence-corrected chi connectivity index (χ4v) is 4.42. The van der Waals surface area contributed by atoms with Crippen molar-refractivity contribution in [2.75, 3.05) is 0 Å². The van der Waals surface area contributed by atoms with E-state index < -0.39 is 0 Å². The van der Waals surface area contributed by atoms with Crippen molar-refractivity contribution in [3.05, 3.63) is 31.1 Å². The van der Waals surface area contributed by atoms with Crippen LogP contribution in [0.4, 0.5) is 0 Å². The van der Waals surface area contributed by atoms with Gasteiger partial charge in [-0.3, -0.25) is 0 Å². The summed E-state index contributed by atoms with van der Waals surface area (Å²) in [4.78, 5) is 1.25. The molecule has 1 heterocycles. The van der Waals surface area contributed by atoms with Gasteiger partial charge in [-0.25, -0.2) is 0 Å². The normalized spacial score (nSPS) is 11.0. The first-order chi connectivity index (χ1) is 6.24. The van der Waals surface area contributed by atoms with Crippen LogP contribution < -0.4 is 0 Å². The third-order valence-corrected chi connectivity index (χ3v) is 5.98. The fraction of sp³-hybridized carbons (Fsp3) is 0.111. The maximum absolute atomic E-state index is 5.85. The van der Waals surface area contributed by atoms with Gasteiger partial charge in [0, 0.05) is 23.0 Å². The molecule has 2 aromatic rings. The Morgan fingerprint density at radius 3 is 2.85 bits per heavy atom. The topological polar surface area (TPSA) is 0 Å². The van der Waals surface area contributed by atoms with Crippen LogP contribution in [0, 0.1) is 3.57 Å². The van der Waals surface area contributed by atoms with E-state index in [1.165, 1.54) is 18.5 Å². The molecule has 0 unspecified atom stereocenters. The van der Waals surface area contributed by atoms with E-state index in [1.807, 2.05) is 0 Å². The van der Waals surface area contributed by atoms with E-state index in [0.29, 0.717) is 5.88 Å². The highest BCUT2D eigenvalue weighted by molar-refractivity contribution is 14.1. The van der Waals surface area contributed by atoms with Gasteiger partial charge in [0.1, 0.15) is 0 Å². The first kappa shape index (κ1) is 10.2. The Morgan fingerprint density at radius 2 is 2.23 bits per heavy atom. The first-order valence-electron chi connectivity index (χ1n) is 3.65. The Labute approximate surface area is 108 Å². The van der Waals surface area contributed by atoms with E-state index in [0.717, 1.165) is 4.47 Å². The predicted molar refractivity (Wildman–Crippen MR) is 71.8 cm³/mol. The highest BCUT2D eigenvalue weighted by Crippen LogP contribution is 2.37. The van der Waals surface area contributed by atoms with Crippen molar-refractivity contribution in [1.82, 2.24) is 0 Å². The lowest BCUT2D eigenvalue weighted by molar-refractivity contribution is 1.51. The largest absolute Gasteiger partial charge is 0.137 e. The summed E-state index contributed by atoms with van der Waals surface area (Å²) >= 11 is 13.5. The van der Waals surface area contributed by atoms with Gasteiger partial charge in [-0.15, -0.1) is 22.9 Å². The third-order valence-electron chi connectivity index (χ3n) is 1.79. The van der Waals surface area contributed by atoms with Gasteiger partial charge < -0.3 is 0 Å². The minimum absolute atomic E-state index is 0.601. The first-order valence-corrected chi connectivity index (χ1v) is 6.87. The lowest BCUT2D eigenvalue weighted by Crippen LogP contribution is -1.72. The quantitative estimate of drug-likeness (QED) is 0.477. The van der Waals surface area contributed by atoms with Gasteiger partial charge >= 0.3 is 0 Å². The molecule has 0 saturated heterocycles. The van der Waals surface area contributed by atoms with Gasteiger partial charge in [-0.2, -0.15) is 0 Å². The van der Waals surface area contributed by atoms with Gasteiger partial charge in [0.25, 0.3) is 0 Å². The average Bonchev–Trinajstić information content (AvgIpc) is 2.45. The molecule has 0 N–H and O–H groups in total. The van der Waals surface area contributed by atoms with Crippen LogP contribution in [0.5, 0.6) is 0 Å². The average molecular weight is 387 g/mol. The second kappa shape index (κ2) is 4.04. The number of rotatable bonds is 1. The molecule has 0 aliphatic carbocycles. The standard InChI is InChI=1S/C9H5BrClIS/c10-6-3-1-2-5-8(12)7(4-11)13-9(5)6/h1-3H,4H2. The molecule has 0 bridgehead atoms. The van der Waals surface area contributed by atoms with Crippen molar-refractivity contribution in [3.63, 3.8) is 0 Å². The number of alkyl halides is 1. The summed E-state index contributed by atoms with van der Waals surface area (Å²) < 4.78 is 3.74. The summed E-state index contributed by atoms with van der Waals surface area (Å²) in [5.74, 6) is 0.601. The zero-order chi connectivity index (χ0) is 9.42. The molecule has 0 nitrogen and oxygen atoms in total. The molecule has 1 aromatic carbocycles. The molecule has 1 aromatic heterocycles. The predicted octanol–water partition coefficient (Wildman–Crippen LogP) is 5.01. The van der Waals surface area contributed by atoms with Crippen molar-refractivity contribution in [3.8, 4) is 0 Å². The SMILES string of the molecule is ClCc1sc2c(Br)cccc2c1I. The molecule has 0 aliphatic rings. The summed E-state index contributed by atoms with van der Waals surface area (Å²) in [6, 6.07) is 6.25. The van der Waals surface area contributed by atoms with Gasteiger partial charge in [-0.1, -0.05) is 12.1 Å². The van der Waals surface area contributed by atoms with Crippen molar-refractivity contribution in [2.45, 2.75) is 5.88 Å². The number of thiophene rings is 1. The Bertz CT molecular complexity index is 452. The summed E-state index contributed by atoms with van der Waals surface area (Å²) in [5, 5.41) is 1.30. The van der Waals surface area contributed by atoms with E-state index in [-0.39, 0.29) is 0 Å². The molecule has 0 radical (unpaired) electrons. The summed E-state index contributed by atoms with van der Waals surface area (Å²) in [6.07, 6.45) is 0. The van der Waals surface area contributed by atoms with Gasteiger partial charge in [-0.05, 0) is 44.6 Å². The van der Waals surface area contributed by atoms with E-state index >= 15 is 0 Å². The summed E-state index contributed by atoms with van der Waals surface area (Å²) in [7, 11) is 0. The highest BCUT2D eigenvalue weighted by Gasteiger charge is 2.09. The molecule has 0 aliphatic heterocycles. The van der Waals surface area contributed by atoms with Gasteiger partial charge in [0.15, 0.2) is 0 Å². The van der Waals surface area contributed by atoms with Crippen LogP contribution in [0.15, 0.2) is 22.7 Å². The Hall–Kier alpha value is 0.680. The van der Waals surface area contributed by atoms with Crippen LogP contribution in [-0.2, 0) is 5.88 Å². The number of benzene rings is 1. The molecule has 0 spiro atoms. The third kappa shape index (κ3) is 1.76. The van der Waals surface area contributed by atoms with Gasteiger partial charge in [0.05, 0.1) is 5.88 Å². The molecule has 4 heteroatoms. The highest BCUT2D eigenvalue weighted by atomic mass is 127. The van der Waals surface area contributed by atoms with Gasteiger partial charge in [0.2, 0.25) is 0 Å². The van der Waals surface area contributed by atoms with Crippen LogP contribution >= 0.6 is 61.5 Å². The number of hydrogen-bond donors (Lipinski definition) is 0. The summed E-state index contributed by atoms with van der Waals surface area (Å²) in [6.45, 7) is 0. The van der Waals surface area contributed by atoms with Crippen LogP contribution in [0.1, 0.15) is 4.88 Å². The lowest BCUT2D eigenvalue weighted by atomic mass is 10.2. The van der Waals surface area contributed by atoms with Crippen LogP contribution in [0.3, 0.4) is 0 Å². The zero-order valence-corrected chi connectivity index (χ0v) is 11.8. The van der Waals surface area contributed by atoms with Crippen LogP contribution in [0.25, 0.3) is 10.1 Å². The maximum atomic E-state index is 5.85. The monoisotopic (exact) mass is 386 g/mol. The molecular weight excluding hydrogens is 382 g/mol. The van der Waals surface area contributed by atoms with Crippen molar-refractivity contribution in [1.29, 1.82) is 0 Å². The summed E-state index contributed by atoms with van der Waals surface area (Å²) in [5.41, 5.74) is 0. The zero-order valence-electron chi connectivity index (χ0n) is 6.48.